The second-order valence-corrected chi connectivity index (χ2v) is 7.64. The van der Waals surface area contributed by atoms with Gasteiger partial charge >= 0.3 is 5.97 Å². The first-order chi connectivity index (χ1) is 12.4. The molecule has 1 N–H and O–H groups in total. The second kappa shape index (κ2) is 7.55. The highest BCUT2D eigenvalue weighted by atomic mass is 79.9. The molecule has 0 fully saturated rings. The minimum atomic E-state index is -0.494. The van der Waals surface area contributed by atoms with E-state index in [2.05, 4.69) is 31.0 Å². The number of aromatic nitrogens is 1. The Labute approximate surface area is 162 Å². The van der Waals surface area contributed by atoms with E-state index in [-0.39, 0.29) is 18.4 Å². The number of fused-ring (bicyclic) bond motifs is 1. The third-order valence-corrected chi connectivity index (χ3v) is 5.50. The van der Waals surface area contributed by atoms with Crippen molar-refractivity contribution in [2.45, 2.75) is 19.8 Å². The summed E-state index contributed by atoms with van der Waals surface area (Å²) in [6.07, 6.45) is 1.01. The van der Waals surface area contributed by atoms with Crippen LogP contribution in [0, 0.1) is 6.92 Å². The van der Waals surface area contributed by atoms with Crippen molar-refractivity contribution in [1.82, 2.24) is 4.98 Å². The van der Waals surface area contributed by atoms with Gasteiger partial charge in [-0.25, -0.2) is 9.78 Å². The predicted octanol–water partition coefficient (Wildman–Crippen LogP) is 2.92. The molecule has 0 bridgehead atoms. The number of methoxy groups -OCH3 is 1. The number of rotatable bonds is 4. The largest absolute Gasteiger partial charge is 0.465 e. The lowest BCUT2D eigenvalue weighted by atomic mass is 10.0. The standard InChI is InChI=1S/C17H16BrN3O4S/c1-9-15(16(24)25-2)26-17(19-9)20-13(22)8-21-12-5-4-11(18)7-10(12)3-6-14(21)23/h4-5,7H,3,6,8H2,1-2H3,(H,19,20,22). The van der Waals surface area contributed by atoms with E-state index in [1.165, 1.54) is 12.0 Å². The number of hydrogen-bond donors (Lipinski definition) is 1. The van der Waals surface area contributed by atoms with Gasteiger partial charge in [0.15, 0.2) is 5.13 Å². The third-order valence-electron chi connectivity index (χ3n) is 3.96. The van der Waals surface area contributed by atoms with Gasteiger partial charge in [0.2, 0.25) is 11.8 Å². The molecule has 2 aromatic rings. The number of hydrogen-bond acceptors (Lipinski definition) is 6. The molecule has 0 unspecified atom stereocenters. The average Bonchev–Trinajstić information content (AvgIpc) is 2.96. The highest BCUT2D eigenvalue weighted by Crippen LogP contribution is 2.30. The van der Waals surface area contributed by atoms with Crippen molar-refractivity contribution in [2.24, 2.45) is 0 Å². The molecule has 136 valence electrons. The molecule has 3 rings (SSSR count). The van der Waals surface area contributed by atoms with E-state index in [0.29, 0.717) is 28.5 Å². The zero-order valence-corrected chi connectivity index (χ0v) is 16.6. The first kappa shape index (κ1) is 18.5. The summed E-state index contributed by atoms with van der Waals surface area (Å²) in [6, 6.07) is 5.63. The molecule has 0 atom stereocenters. The summed E-state index contributed by atoms with van der Waals surface area (Å²) in [5.74, 6) is -0.967. The molecule has 1 aliphatic heterocycles. The Morgan fingerprint density at radius 1 is 1.38 bits per heavy atom. The van der Waals surface area contributed by atoms with Crippen LogP contribution in [0.5, 0.6) is 0 Å². The van der Waals surface area contributed by atoms with Crippen LogP contribution in [0.2, 0.25) is 0 Å². The smallest absolute Gasteiger partial charge is 0.350 e. The molecule has 1 aromatic heterocycles. The van der Waals surface area contributed by atoms with Crippen molar-refractivity contribution in [3.63, 3.8) is 0 Å². The van der Waals surface area contributed by atoms with Crippen LogP contribution in [0.15, 0.2) is 22.7 Å². The van der Waals surface area contributed by atoms with E-state index in [1.54, 1.807) is 6.92 Å². The zero-order chi connectivity index (χ0) is 18.8. The summed E-state index contributed by atoms with van der Waals surface area (Å²) >= 11 is 4.46. The zero-order valence-electron chi connectivity index (χ0n) is 14.2. The van der Waals surface area contributed by atoms with E-state index in [4.69, 9.17) is 0 Å². The second-order valence-electron chi connectivity index (χ2n) is 5.73. The Kier molecular flexibility index (Phi) is 5.38. The predicted molar refractivity (Wildman–Crippen MR) is 102 cm³/mol. The Balaban J connectivity index is 1.75. The number of carbonyl (C=O) groups is 3. The first-order valence-electron chi connectivity index (χ1n) is 7.83. The number of amides is 2. The maximum absolute atomic E-state index is 12.4. The van der Waals surface area contributed by atoms with Gasteiger partial charge in [0.1, 0.15) is 11.4 Å². The minimum Gasteiger partial charge on any atom is -0.465 e. The number of nitrogens with one attached hydrogen (secondary N) is 1. The highest BCUT2D eigenvalue weighted by molar-refractivity contribution is 9.10. The van der Waals surface area contributed by atoms with E-state index in [0.717, 1.165) is 27.1 Å². The van der Waals surface area contributed by atoms with Gasteiger partial charge in [-0.2, -0.15) is 0 Å². The number of aryl methyl sites for hydroxylation is 2. The topological polar surface area (TPSA) is 88.6 Å². The van der Waals surface area contributed by atoms with Gasteiger partial charge in [-0.05, 0) is 37.1 Å². The van der Waals surface area contributed by atoms with Gasteiger partial charge in [-0.15, -0.1) is 0 Å². The molecule has 0 radical (unpaired) electrons. The fraction of sp³-hybridized carbons (Fsp3) is 0.294. The van der Waals surface area contributed by atoms with Gasteiger partial charge in [0, 0.05) is 16.6 Å². The molecule has 2 amide bonds. The maximum Gasteiger partial charge on any atom is 0.350 e. The number of benzene rings is 1. The highest BCUT2D eigenvalue weighted by Gasteiger charge is 2.26. The summed E-state index contributed by atoms with van der Waals surface area (Å²) in [6.45, 7) is 1.56. The SMILES string of the molecule is COC(=O)c1sc(NC(=O)CN2C(=O)CCc3cc(Br)ccc32)nc1C. The lowest BCUT2D eigenvalue weighted by Gasteiger charge is -2.28. The van der Waals surface area contributed by atoms with Gasteiger partial charge in [0.25, 0.3) is 0 Å². The summed E-state index contributed by atoms with van der Waals surface area (Å²) < 4.78 is 5.62. The molecular weight excluding hydrogens is 422 g/mol. The van der Waals surface area contributed by atoms with Crippen LogP contribution in [0.25, 0.3) is 0 Å². The average molecular weight is 438 g/mol. The molecule has 1 aromatic carbocycles. The molecule has 26 heavy (non-hydrogen) atoms. The summed E-state index contributed by atoms with van der Waals surface area (Å²) in [4.78, 5) is 42.3. The van der Waals surface area contributed by atoms with Gasteiger partial charge in [-0.3, -0.25) is 9.59 Å². The van der Waals surface area contributed by atoms with E-state index in [9.17, 15) is 14.4 Å². The fourth-order valence-electron chi connectivity index (χ4n) is 2.74. The minimum absolute atomic E-state index is 0.0967. The number of halogens is 1. The normalized spacial score (nSPS) is 13.3. The molecule has 1 aliphatic rings. The first-order valence-corrected chi connectivity index (χ1v) is 9.44. The number of ether oxygens (including phenoxy) is 1. The quantitative estimate of drug-likeness (QED) is 0.742. The van der Waals surface area contributed by atoms with Gasteiger partial charge in [-0.1, -0.05) is 27.3 Å². The number of carbonyl (C=O) groups excluding carboxylic acids is 3. The number of nitrogens with zero attached hydrogens (tertiary/aromatic N) is 2. The van der Waals surface area contributed by atoms with Crippen molar-refractivity contribution in [3.8, 4) is 0 Å². The summed E-state index contributed by atoms with van der Waals surface area (Å²) in [5.41, 5.74) is 2.25. The van der Waals surface area contributed by atoms with Crippen LogP contribution in [0.4, 0.5) is 10.8 Å². The number of anilines is 2. The summed E-state index contributed by atoms with van der Waals surface area (Å²) in [7, 11) is 1.29. The molecule has 2 heterocycles. The van der Waals surface area contributed by atoms with Crippen LogP contribution in [-0.2, 0) is 20.7 Å². The third kappa shape index (κ3) is 3.78. The van der Waals surface area contributed by atoms with E-state index in [1.807, 2.05) is 18.2 Å². The van der Waals surface area contributed by atoms with Crippen LogP contribution >= 0.6 is 27.3 Å². The Bertz CT molecular complexity index is 896. The Morgan fingerprint density at radius 3 is 2.88 bits per heavy atom. The van der Waals surface area contributed by atoms with Crippen molar-refractivity contribution in [3.05, 3.63) is 38.8 Å². The molecule has 9 heteroatoms. The van der Waals surface area contributed by atoms with Crippen LogP contribution in [-0.4, -0.2) is 36.4 Å². The Hall–Kier alpha value is -2.26. The molecule has 0 saturated carbocycles. The van der Waals surface area contributed by atoms with Crippen molar-refractivity contribution >= 4 is 55.9 Å². The van der Waals surface area contributed by atoms with Crippen LogP contribution in [0.1, 0.15) is 27.3 Å². The monoisotopic (exact) mass is 437 g/mol. The number of thiazole rings is 1. The van der Waals surface area contributed by atoms with Gasteiger partial charge in [0.05, 0.1) is 12.8 Å². The lowest BCUT2D eigenvalue weighted by molar-refractivity contribution is -0.121. The van der Waals surface area contributed by atoms with Crippen LogP contribution < -0.4 is 10.2 Å². The molecule has 7 nitrogen and oxygen atoms in total. The molecule has 0 aliphatic carbocycles. The maximum atomic E-state index is 12.4. The van der Waals surface area contributed by atoms with Crippen molar-refractivity contribution < 1.29 is 19.1 Å². The lowest BCUT2D eigenvalue weighted by Crippen LogP contribution is -2.40. The van der Waals surface area contributed by atoms with Crippen LogP contribution in [0.3, 0.4) is 0 Å². The number of esters is 1. The molecule has 0 saturated heterocycles. The fourth-order valence-corrected chi connectivity index (χ4v) is 4.05. The van der Waals surface area contributed by atoms with E-state index >= 15 is 0 Å². The van der Waals surface area contributed by atoms with Crippen molar-refractivity contribution in [1.29, 1.82) is 0 Å². The molecule has 0 spiro atoms. The summed E-state index contributed by atoms with van der Waals surface area (Å²) in [5, 5.41) is 2.95. The van der Waals surface area contributed by atoms with E-state index < -0.39 is 5.97 Å². The van der Waals surface area contributed by atoms with Crippen molar-refractivity contribution in [2.75, 3.05) is 23.9 Å². The molecular formula is C17H16BrN3O4S. The van der Waals surface area contributed by atoms with Gasteiger partial charge < -0.3 is 15.0 Å². The Morgan fingerprint density at radius 2 is 2.15 bits per heavy atom.